The summed E-state index contributed by atoms with van der Waals surface area (Å²) >= 11 is 1.92. The molecule has 0 atom stereocenters. The average molecular weight is 594 g/mol. The molecule has 0 spiro atoms. The summed E-state index contributed by atoms with van der Waals surface area (Å²) in [6.45, 7) is 4.71. The lowest BCUT2D eigenvalue weighted by Gasteiger charge is -2.33. The molecule has 10 rings (SSSR count). The van der Waals surface area contributed by atoms with Gasteiger partial charge in [-0.25, -0.2) is 9.97 Å². The molecule has 0 fully saturated rings. The smallest absolute Gasteiger partial charge is 0.160 e. The number of rotatable bonds is 2. The summed E-state index contributed by atoms with van der Waals surface area (Å²) in [7, 11) is 0. The van der Waals surface area contributed by atoms with E-state index in [0.29, 0.717) is 0 Å². The number of aromatic nitrogens is 2. The highest BCUT2D eigenvalue weighted by molar-refractivity contribution is 7.27. The number of thiophene rings is 1. The molecule has 212 valence electrons. The number of hydrogen-bond donors (Lipinski definition) is 0. The van der Waals surface area contributed by atoms with E-state index in [1.165, 1.54) is 48.1 Å². The SMILES string of the molecule is CC1(C)c2ccccc2-c2c1ccc1c2sc2c(N3c4ccccc4-c4nc(-c5ccccc5)nc5cccc3c45)cccc21. The lowest BCUT2D eigenvalue weighted by Crippen LogP contribution is -2.16. The normalized spacial score (nSPS) is 14.1. The van der Waals surface area contributed by atoms with Crippen molar-refractivity contribution in [2.24, 2.45) is 0 Å². The van der Waals surface area contributed by atoms with E-state index in [1.54, 1.807) is 0 Å². The van der Waals surface area contributed by atoms with Gasteiger partial charge in [0.25, 0.3) is 0 Å². The molecule has 0 saturated heterocycles. The number of para-hydroxylation sites is 1. The molecule has 0 amide bonds. The maximum absolute atomic E-state index is 5.21. The number of nitrogens with zero attached hydrogens (tertiary/aromatic N) is 3. The van der Waals surface area contributed by atoms with Gasteiger partial charge in [0.1, 0.15) is 0 Å². The van der Waals surface area contributed by atoms with Gasteiger partial charge < -0.3 is 4.90 Å². The van der Waals surface area contributed by atoms with Crippen molar-refractivity contribution in [1.82, 2.24) is 9.97 Å². The van der Waals surface area contributed by atoms with Crippen LogP contribution in [0.5, 0.6) is 0 Å². The van der Waals surface area contributed by atoms with Crippen LogP contribution < -0.4 is 4.90 Å². The highest BCUT2D eigenvalue weighted by Crippen LogP contribution is 2.56. The first-order valence-electron chi connectivity index (χ1n) is 15.4. The Morgan fingerprint density at radius 3 is 2.16 bits per heavy atom. The largest absolute Gasteiger partial charge is 0.308 e. The van der Waals surface area contributed by atoms with Crippen LogP contribution in [-0.2, 0) is 5.41 Å². The van der Waals surface area contributed by atoms with Crippen molar-refractivity contribution in [3.63, 3.8) is 0 Å². The summed E-state index contributed by atoms with van der Waals surface area (Å²) in [5.74, 6) is 0.752. The zero-order valence-corrected chi connectivity index (χ0v) is 25.7. The van der Waals surface area contributed by atoms with Crippen LogP contribution >= 0.6 is 11.3 Å². The van der Waals surface area contributed by atoms with E-state index in [0.717, 1.165) is 44.9 Å². The second-order valence-electron chi connectivity index (χ2n) is 12.6. The maximum atomic E-state index is 5.21. The summed E-state index contributed by atoms with van der Waals surface area (Å²) in [5, 5.41) is 3.71. The van der Waals surface area contributed by atoms with Crippen molar-refractivity contribution in [1.29, 1.82) is 0 Å². The van der Waals surface area contributed by atoms with E-state index in [-0.39, 0.29) is 5.41 Å². The molecule has 0 bridgehead atoms. The predicted octanol–water partition coefficient (Wildman–Crippen LogP) is 11.4. The van der Waals surface area contributed by atoms with Crippen molar-refractivity contribution in [3.8, 4) is 33.8 Å². The van der Waals surface area contributed by atoms with Gasteiger partial charge in [-0.05, 0) is 41.0 Å². The van der Waals surface area contributed by atoms with Gasteiger partial charge in [0.05, 0.1) is 38.4 Å². The zero-order chi connectivity index (χ0) is 29.9. The Kier molecular flexibility index (Phi) is 4.94. The fraction of sp³-hybridized carbons (Fsp3) is 0.0732. The monoisotopic (exact) mass is 593 g/mol. The van der Waals surface area contributed by atoms with Crippen LogP contribution in [0.2, 0.25) is 0 Å². The Balaban J connectivity index is 1.26. The summed E-state index contributed by atoms with van der Waals surface area (Å²) < 4.78 is 2.66. The maximum Gasteiger partial charge on any atom is 0.160 e. The molecule has 1 aliphatic heterocycles. The minimum Gasteiger partial charge on any atom is -0.308 e. The molecule has 3 heterocycles. The molecule has 8 aromatic rings. The molecule has 0 N–H and O–H groups in total. The lowest BCUT2D eigenvalue weighted by atomic mass is 9.82. The van der Waals surface area contributed by atoms with E-state index in [4.69, 9.17) is 9.97 Å². The fourth-order valence-corrected chi connectivity index (χ4v) is 9.09. The van der Waals surface area contributed by atoms with Gasteiger partial charge in [-0.15, -0.1) is 11.3 Å². The molecule has 2 aromatic heterocycles. The predicted molar refractivity (Wildman–Crippen MR) is 189 cm³/mol. The summed E-state index contributed by atoms with van der Waals surface area (Å²) in [4.78, 5) is 12.7. The molecule has 1 aliphatic carbocycles. The Morgan fingerprint density at radius 2 is 1.27 bits per heavy atom. The van der Waals surface area contributed by atoms with Crippen LogP contribution in [0, 0.1) is 0 Å². The van der Waals surface area contributed by atoms with Crippen molar-refractivity contribution in [2.45, 2.75) is 19.3 Å². The number of fused-ring (bicyclic) bond motifs is 9. The molecule has 2 aliphatic rings. The van der Waals surface area contributed by atoms with Crippen LogP contribution in [0.4, 0.5) is 17.1 Å². The zero-order valence-electron chi connectivity index (χ0n) is 24.9. The van der Waals surface area contributed by atoms with E-state index in [2.05, 4.69) is 128 Å². The van der Waals surface area contributed by atoms with Crippen molar-refractivity contribution >= 4 is 59.5 Å². The summed E-state index contributed by atoms with van der Waals surface area (Å²) in [5.41, 5.74) is 13.1. The number of hydrogen-bond acceptors (Lipinski definition) is 4. The van der Waals surface area contributed by atoms with Crippen LogP contribution in [-0.4, -0.2) is 9.97 Å². The second-order valence-corrected chi connectivity index (χ2v) is 13.6. The second kappa shape index (κ2) is 8.87. The van der Waals surface area contributed by atoms with Crippen molar-refractivity contribution in [2.75, 3.05) is 4.90 Å². The molecule has 6 aromatic carbocycles. The van der Waals surface area contributed by atoms with E-state index < -0.39 is 0 Å². The third kappa shape index (κ3) is 3.29. The summed E-state index contributed by atoms with van der Waals surface area (Å²) in [6.07, 6.45) is 0. The standard InChI is InChI=1S/C41H27N3S/c1-41(2)29-17-8-6-14-27(29)35-30(41)23-22-26-25-16-10-21-34(38(25)45-39(26)35)44-32-19-9-7-15-28(32)37-36-31(18-11-20-33(36)44)42-40(43-37)24-12-4-3-5-13-24/h3-23H,1-2H3. The van der Waals surface area contributed by atoms with Crippen LogP contribution in [0.25, 0.3) is 64.8 Å². The molecule has 4 heteroatoms. The highest BCUT2D eigenvalue weighted by Gasteiger charge is 2.37. The van der Waals surface area contributed by atoms with Crippen molar-refractivity contribution in [3.05, 3.63) is 139 Å². The Labute approximate surface area is 265 Å². The number of benzene rings is 6. The van der Waals surface area contributed by atoms with Crippen molar-refractivity contribution < 1.29 is 0 Å². The quantitative estimate of drug-likeness (QED) is 0.200. The number of anilines is 3. The first-order valence-corrected chi connectivity index (χ1v) is 16.3. The van der Waals surface area contributed by atoms with Gasteiger partial charge >= 0.3 is 0 Å². The third-order valence-corrected chi connectivity index (χ3v) is 11.1. The van der Waals surface area contributed by atoms with Gasteiger partial charge in [0.15, 0.2) is 5.82 Å². The van der Waals surface area contributed by atoms with Crippen LogP contribution in [0.15, 0.2) is 127 Å². The molecule has 0 radical (unpaired) electrons. The topological polar surface area (TPSA) is 29.0 Å². The molecular formula is C41H27N3S. The van der Waals surface area contributed by atoms with E-state index in [9.17, 15) is 0 Å². The lowest BCUT2D eigenvalue weighted by molar-refractivity contribution is 0.661. The third-order valence-electron chi connectivity index (χ3n) is 9.80. The Hall–Kier alpha value is -5.32. The minimum absolute atomic E-state index is 0.0249. The summed E-state index contributed by atoms with van der Waals surface area (Å²) in [6, 6.07) is 45.8. The average Bonchev–Trinajstić information content (AvgIpc) is 3.58. The van der Waals surface area contributed by atoms with Crippen LogP contribution in [0.3, 0.4) is 0 Å². The van der Waals surface area contributed by atoms with Gasteiger partial charge in [-0.2, -0.15) is 0 Å². The van der Waals surface area contributed by atoms with Crippen LogP contribution in [0.1, 0.15) is 25.0 Å². The Morgan fingerprint density at radius 1 is 0.556 bits per heavy atom. The first-order chi connectivity index (χ1) is 22.1. The van der Waals surface area contributed by atoms with Gasteiger partial charge in [0.2, 0.25) is 0 Å². The fourth-order valence-electron chi connectivity index (χ4n) is 7.72. The Bertz CT molecular complexity index is 2530. The van der Waals surface area contributed by atoms with Gasteiger partial charge in [-0.3, -0.25) is 0 Å². The molecule has 45 heavy (non-hydrogen) atoms. The van der Waals surface area contributed by atoms with Gasteiger partial charge in [0, 0.05) is 37.6 Å². The molecular weight excluding hydrogens is 567 g/mol. The highest BCUT2D eigenvalue weighted by atomic mass is 32.1. The first kappa shape index (κ1) is 25.1. The molecule has 3 nitrogen and oxygen atoms in total. The molecule has 0 unspecified atom stereocenters. The molecule has 0 saturated carbocycles. The minimum atomic E-state index is -0.0249. The van der Waals surface area contributed by atoms with E-state index >= 15 is 0 Å². The van der Waals surface area contributed by atoms with E-state index in [1.807, 2.05) is 29.5 Å². The van der Waals surface area contributed by atoms with Gasteiger partial charge in [-0.1, -0.05) is 117 Å².